The molecule has 448 valence electrons. The van der Waals surface area contributed by atoms with Crippen LogP contribution in [0.2, 0.25) is 0 Å². The third-order valence-electron chi connectivity index (χ3n) is 17.5. The van der Waals surface area contributed by atoms with Crippen LogP contribution in [0.25, 0.3) is 0 Å². The van der Waals surface area contributed by atoms with Crippen LogP contribution in [0.15, 0.2) is 24.3 Å². The number of rotatable bonds is 61. The highest BCUT2D eigenvalue weighted by molar-refractivity contribution is 5.69. The number of esters is 2. The summed E-state index contributed by atoms with van der Waals surface area (Å²) in [6, 6.07) is 0. The zero-order valence-corrected chi connectivity index (χ0v) is 52.3. The molecule has 1 aliphatic rings. The molecule has 1 aliphatic carbocycles. The average molecular weight is 1070 g/mol. The third kappa shape index (κ3) is 48.3. The molecule has 0 fully saturated rings. The fourth-order valence-electron chi connectivity index (χ4n) is 12.4. The monoisotopic (exact) mass is 1070 g/mol. The normalized spacial score (nSPS) is 16.6. The van der Waals surface area contributed by atoms with E-state index in [-0.39, 0.29) is 11.9 Å². The molecule has 1 rings (SSSR count). The van der Waals surface area contributed by atoms with Gasteiger partial charge in [0, 0.05) is 12.8 Å². The number of hydrogen-bond acceptors (Lipinski definition) is 4. The van der Waals surface area contributed by atoms with Gasteiger partial charge in [-0.2, -0.15) is 0 Å². The lowest BCUT2D eigenvalue weighted by molar-refractivity contribution is -0.144. The van der Waals surface area contributed by atoms with Gasteiger partial charge in [-0.3, -0.25) is 9.59 Å². The van der Waals surface area contributed by atoms with E-state index in [0.29, 0.717) is 37.9 Å². The van der Waals surface area contributed by atoms with Crippen molar-refractivity contribution in [2.45, 2.75) is 387 Å². The quantitative estimate of drug-likeness (QED) is 0.0346. The first-order valence-electron chi connectivity index (χ1n) is 35.2. The molecule has 0 aliphatic heterocycles. The number of ether oxygens (including phenoxy) is 2. The van der Waals surface area contributed by atoms with Gasteiger partial charge >= 0.3 is 11.9 Å². The number of hydrogen-bond donors (Lipinski definition) is 0. The van der Waals surface area contributed by atoms with Gasteiger partial charge in [0.15, 0.2) is 0 Å². The van der Waals surface area contributed by atoms with Gasteiger partial charge in [0.25, 0.3) is 0 Å². The second kappa shape index (κ2) is 59.5. The van der Waals surface area contributed by atoms with Crippen LogP contribution in [0.4, 0.5) is 0 Å². The average Bonchev–Trinajstić information content (AvgIpc) is 3.43. The molecule has 0 aromatic rings. The maximum atomic E-state index is 12.5. The van der Waals surface area contributed by atoms with Crippen LogP contribution in [0.1, 0.15) is 387 Å². The van der Waals surface area contributed by atoms with Gasteiger partial charge in [-0.25, -0.2) is 0 Å². The van der Waals surface area contributed by atoms with E-state index in [0.717, 1.165) is 50.4 Å². The highest BCUT2D eigenvalue weighted by atomic mass is 16.5. The molecule has 4 atom stereocenters. The highest BCUT2D eigenvalue weighted by Crippen LogP contribution is 2.43. The minimum Gasteiger partial charge on any atom is -0.466 e. The van der Waals surface area contributed by atoms with Gasteiger partial charge < -0.3 is 9.47 Å². The predicted molar refractivity (Wildman–Crippen MR) is 335 cm³/mol. The zero-order valence-electron chi connectivity index (χ0n) is 52.3. The van der Waals surface area contributed by atoms with E-state index < -0.39 is 0 Å². The van der Waals surface area contributed by atoms with Gasteiger partial charge in [-0.1, -0.05) is 341 Å². The molecule has 0 amide bonds. The molecule has 0 aromatic heterocycles. The summed E-state index contributed by atoms with van der Waals surface area (Å²) in [5.74, 6) is 2.86. The highest BCUT2D eigenvalue weighted by Gasteiger charge is 2.33. The summed E-state index contributed by atoms with van der Waals surface area (Å²) in [6.45, 7) is 10.5. The van der Waals surface area contributed by atoms with Crippen molar-refractivity contribution in [3.05, 3.63) is 24.3 Å². The molecule has 0 bridgehead atoms. The summed E-state index contributed by atoms with van der Waals surface area (Å²) in [6.07, 6.45) is 83.2. The molecule has 0 aromatic carbocycles. The largest absolute Gasteiger partial charge is 0.466 e. The molecule has 0 radical (unpaired) electrons. The standard InChI is InChI=1S/C72H136O4/c1-5-9-13-17-19-21-23-25-27-29-31-33-35-40-47-55-65-75-71(73)61-53-45-39-37-38-44-52-60-70-68(64-63-67(57-49-15-11-7-3)69(70)59-51-16-12-8-4)58-50-43-42-46-54-62-72(74)76-66-56-48-41-36-34-32-30-28-26-24-22-20-18-14-10-6-2/h52,60,63-64,67-70H,5-51,53-59,61-62,65-66H2,1-4H3. The van der Waals surface area contributed by atoms with Crippen molar-refractivity contribution >= 4 is 11.9 Å². The lowest BCUT2D eigenvalue weighted by atomic mass is 9.66. The first kappa shape index (κ1) is 72.4. The van der Waals surface area contributed by atoms with Gasteiger partial charge in [-0.05, 0) is 81.5 Å². The van der Waals surface area contributed by atoms with Crippen LogP contribution in [0.3, 0.4) is 0 Å². The van der Waals surface area contributed by atoms with E-state index in [2.05, 4.69) is 52.0 Å². The van der Waals surface area contributed by atoms with Gasteiger partial charge in [0.1, 0.15) is 0 Å². The van der Waals surface area contributed by atoms with Crippen molar-refractivity contribution in [1.29, 1.82) is 0 Å². The third-order valence-corrected chi connectivity index (χ3v) is 17.5. The van der Waals surface area contributed by atoms with Crippen LogP contribution in [-0.4, -0.2) is 25.2 Å². The van der Waals surface area contributed by atoms with E-state index in [1.807, 2.05) is 0 Å². The molecule has 0 saturated heterocycles. The van der Waals surface area contributed by atoms with Gasteiger partial charge in [0.2, 0.25) is 0 Å². The summed E-state index contributed by atoms with van der Waals surface area (Å²) in [4.78, 5) is 24.9. The van der Waals surface area contributed by atoms with E-state index in [4.69, 9.17) is 9.47 Å². The second-order valence-electron chi connectivity index (χ2n) is 24.7. The summed E-state index contributed by atoms with van der Waals surface area (Å²) in [5.41, 5.74) is 0. The molecular weight excluding hydrogens is 929 g/mol. The summed E-state index contributed by atoms with van der Waals surface area (Å²) < 4.78 is 11.2. The molecule has 76 heavy (non-hydrogen) atoms. The second-order valence-corrected chi connectivity index (χ2v) is 24.7. The Morgan fingerprint density at radius 2 is 0.592 bits per heavy atom. The van der Waals surface area contributed by atoms with Gasteiger partial charge in [-0.15, -0.1) is 0 Å². The molecule has 0 N–H and O–H groups in total. The minimum atomic E-state index is 0.0145. The fraction of sp³-hybridized carbons (Fsp3) is 0.917. The first-order valence-corrected chi connectivity index (χ1v) is 35.2. The summed E-state index contributed by atoms with van der Waals surface area (Å²) >= 11 is 0. The maximum Gasteiger partial charge on any atom is 0.305 e. The minimum absolute atomic E-state index is 0.0145. The van der Waals surface area contributed by atoms with Crippen molar-refractivity contribution < 1.29 is 19.1 Å². The number of carbonyl (C=O) groups is 2. The Bertz CT molecular complexity index is 1240. The first-order chi connectivity index (χ1) is 37.6. The zero-order chi connectivity index (χ0) is 54.7. The molecule has 0 saturated carbocycles. The summed E-state index contributed by atoms with van der Waals surface area (Å²) in [7, 11) is 0. The molecular formula is C72H136O4. The Labute approximate surface area is 477 Å². The van der Waals surface area contributed by atoms with Crippen molar-refractivity contribution in [3.8, 4) is 0 Å². The van der Waals surface area contributed by atoms with Crippen LogP contribution in [0.5, 0.6) is 0 Å². The van der Waals surface area contributed by atoms with E-state index >= 15 is 0 Å². The SMILES string of the molecule is CCCCCCCCCCCCCCCCCCOC(=O)CCCCCCCC=CC1C(CCCCCCCC(=O)OCCCCCCCCCCCCCCCCCC)C=CC(CCCCCC)C1CCCCCC. The molecule has 4 heteroatoms. The summed E-state index contributed by atoms with van der Waals surface area (Å²) in [5, 5.41) is 0. The number of carbonyl (C=O) groups excluding carboxylic acids is 2. The molecule has 0 heterocycles. The molecule has 0 spiro atoms. The van der Waals surface area contributed by atoms with E-state index in [9.17, 15) is 9.59 Å². The van der Waals surface area contributed by atoms with Crippen LogP contribution >= 0.6 is 0 Å². The topological polar surface area (TPSA) is 52.6 Å². The maximum absolute atomic E-state index is 12.5. The van der Waals surface area contributed by atoms with Crippen molar-refractivity contribution in [1.82, 2.24) is 0 Å². The van der Waals surface area contributed by atoms with Crippen molar-refractivity contribution in [2.75, 3.05) is 13.2 Å². The Morgan fingerprint density at radius 1 is 0.316 bits per heavy atom. The van der Waals surface area contributed by atoms with Crippen molar-refractivity contribution in [3.63, 3.8) is 0 Å². The van der Waals surface area contributed by atoms with E-state index in [1.54, 1.807) is 0 Å². The Kier molecular flexibility index (Phi) is 56.7. The molecule has 4 nitrogen and oxygen atoms in total. The Morgan fingerprint density at radius 3 is 0.974 bits per heavy atom. The van der Waals surface area contributed by atoms with Crippen LogP contribution in [0, 0.1) is 23.7 Å². The molecule has 4 unspecified atom stereocenters. The van der Waals surface area contributed by atoms with E-state index in [1.165, 1.54) is 308 Å². The Balaban J connectivity index is 2.29. The van der Waals surface area contributed by atoms with Crippen molar-refractivity contribution in [2.24, 2.45) is 23.7 Å². The number of allylic oxidation sites excluding steroid dienone is 4. The Hall–Kier alpha value is -1.58. The smallest absolute Gasteiger partial charge is 0.305 e. The fourth-order valence-corrected chi connectivity index (χ4v) is 12.4. The number of unbranched alkanes of at least 4 members (excludes halogenated alkanes) is 45. The van der Waals surface area contributed by atoms with Crippen LogP contribution < -0.4 is 0 Å². The van der Waals surface area contributed by atoms with Crippen LogP contribution in [-0.2, 0) is 19.1 Å². The predicted octanol–water partition coefficient (Wildman–Crippen LogP) is 24.6. The lowest BCUT2D eigenvalue weighted by Crippen LogP contribution is -2.30. The lowest BCUT2D eigenvalue weighted by Gasteiger charge is -2.39. The van der Waals surface area contributed by atoms with Gasteiger partial charge in [0.05, 0.1) is 13.2 Å².